The number of rotatable bonds is 6. The van der Waals surface area contributed by atoms with E-state index in [4.69, 9.17) is 9.47 Å². The molecule has 1 aliphatic heterocycles. The van der Waals surface area contributed by atoms with E-state index < -0.39 is 0 Å². The van der Waals surface area contributed by atoms with E-state index in [2.05, 4.69) is 21.7 Å². The van der Waals surface area contributed by atoms with Crippen molar-refractivity contribution in [3.63, 3.8) is 0 Å². The molecule has 0 fully saturated rings. The number of carbonyl (C=O) groups is 2. The summed E-state index contributed by atoms with van der Waals surface area (Å²) < 4.78 is 10.6. The second-order valence-electron chi connectivity index (χ2n) is 8.09. The highest BCUT2D eigenvalue weighted by molar-refractivity contribution is 7.16. The molecule has 31 heavy (non-hydrogen) atoms. The van der Waals surface area contributed by atoms with Gasteiger partial charge in [-0.3, -0.25) is 14.9 Å². The number of carbonyl (C=O) groups excluding carboxylic acids is 2. The van der Waals surface area contributed by atoms with Crippen LogP contribution in [0.2, 0.25) is 0 Å². The molecular weight excluding hydrogens is 414 g/mol. The van der Waals surface area contributed by atoms with Crippen molar-refractivity contribution >= 4 is 28.3 Å². The van der Waals surface area contributed by atoms with Crippen LogP contribution < -0.4 is 20.1 Å². The summed E-state index contributed by atoms with van der Waals surface area (Å²) in [6.45, 7) is 0.842. The molecule has 7 nitrogen and oxygen atoms in total. The average Bonchev–Trinajstić information content (AvgIpc) is 3.49. The van der Waals surface area contributed by atoms with Crippen LogP contribution in [0.15, 0.2) is 29.8 Å². The molecule has 2 amide bonds. The summed E-state index contributed by atoms with van der Waals surface area (Å²) in [6.07, 6.45) is 9.69. The number of allylic oxidation sites excluding steroid dienone is 1. The fraction of sp³-hybridized carbons (Fsp3) is 0.435. The molecule has 0 unspecified atom stereocenters. The summed E-state index contributed by atoms with van der Waals surface area (Å²) in [7, 11) is 0. The zero-order valence-corrected chi connectivity index (χ0v) is 18.1. The van der Waals surface area contributed by atoms with Crippen molar-refractivity contribution in [2.45, 2.75) is 50.9 Å². The Hall–Kier alpha value is -2.87. The number of amides is 2. The maximum Gasteiger partial charge on any atom is 0.257 e. The van der Waals surface area contributed by atoms with E-state index in [1.165, 1.54) is 29.8 Å². The van der Waals surface area contributed by atoms with Crippen LogP contribution >= 0.6 is 11.3 Å². The quantitative estimate of drug-likeness (QED) is 0.660. The first-order valence-corrected chi connectivity index (χ1v) is 11.7. The Morgan fingerprint density at radius 1 is 1.16 bits per heavy atom. The molecule has 1 aromatic carbocycles. The van der Waals surface area contributed by atoms with Gasteiger partial charge in [0, 0.05) is 17.0 Å². The minimum absolute atomic E-state index is 0.0362. The van der Waals surface area contributed by atoms with Gasteiger partial charge in [0.05, 0.1) is 11.6 Å². The minimum atomic E-state index is -0.257. The van der Waals surface area contributed by atoms with Gasteiger partial charge in [-0.05, 0) is 63.1 Å². The first-order chi connectivity index (χ1) is 15.2. The van der Waals surface area contributed by atoms with Crippen molar-refractivity contribution in [2.75, 3.05) is 18.7 Å². The average molecular weight is 440 g/mol. The number of ether oxygens (including phenoxy) is 2. The summed E-state index contributed by atoms with van der Waals surface area (Å²) in [5, 5.41) is 6.47. The number of hydrogen-bond donors (Lipinski definition) is 2. The highest BCUT2D eigenvalue weighted by atomic mass is 32.1. The SMILES string of the molecule is O=C(Nc1nc2c(s1)CC[C@H]2C(=O)NCCC1=CCCCC1)c1ccc2c(c1)OCO2. The molecule has 2 aliphatic carbocycles. The number of anilines is 1. The summed E-state index contributed by atoms with van der Waals surface area (Å²) >= 11 is 1.45. The van der Waals surface area contributed by atoms with E-state index in [-0.39, 0.29) is 24.5 Å². The number of nitrogens with one attached hydrogen (secondary N) is 2. The van der Waals surface area contributed by atoms with Crippen LogP contribution in [0.25, 0.3) is 0 Å². The highest BCUT2D eigenvalue weighted by Crippen LogP contribution is 2.39. The summed E-state index contributed by atoms with van der Waals surface area (Å²) in [5.41, 5.74) is 2.74. The standard InChI is InChI=1S/C23H25N3O4S/c27-21(15-6-8-17-18(12-15)30-13-29-17)26-23-25-20-16(7-9-19(20)31-23)22(28)24-11-10-14-4-2-1-3-5-14/h4,6,8,12,16H,1-3,5,7,9-11,13H2,(H,24,28)(H,25,26,27)/t16-/m1/s1. The van der Waals surface area contributed by atoms with E-state index in [1.807, 2.05) is 0 Å². The van der Waals surface area contributed by atoms with Crippen LogP contribution in [0.5, 0.6) is 11.5 Å². The summed E-state index contributed by atoms with van der Waals surface area (Å²) in [6, 6.07) is 5.09. The second-order valence-corrected chi connectivity index (χ2v) is 9.17. The van der Waals surface area contributed by atoms with E-state index in [0.29, 0.717) is 28.7 Å². The number of fused-ring (bicyclic) bond motifs is 2. The largest absolute Gasteiger partial charge is 0.454 e. The lowest BCUT2D eigenvalue weighted by Gasteiger charge is -2.14. The molecule has 3 aliphatic rings. The smallest absolute Gasteiger partial charge is 0.257 e. The summed E-state index contributed by atoms with van der Waals surface area (Å²) in [5.74, 6) is 0.748. The van der Waals surface area contributed by atoms with E-state index in [0.717, 1.165) is 42.7 Å². The molecule has 0 radical (unpaired) electrons. The third kappa shape index (κ3) is 4.30. The summed E-state index contributed by atoms with van der Waals surface area (Å²) in [4.78, 5) is 31.0. The maximum absolute atomic E-state index is 12.7. The molecular formula is C23H25N3O4S. The van der Waals surface area contributed by atoms with Crippen molar-refractivity contribution in [1.82, 2.24) is 10.3 Å². The fourth-order valence-corrected chi connectivity index (χ4v) is 5.38. The topological polar surface area (TPSA) is 89.6 Å². The first-order valence-electron chi connectivity index (χ1n) is 10.8. The lowest BCUT2D eigenvalue weighted by atomic mass is 9.97. The van der Waals surface area contributed by atoms with E-state index >= 15 is 0 Å². The van der Waals surface area contributed by atoms with Gasteiger partial charge < -0.3 is 14.8 Å². The minimum Gasteiger partial charge on any atom is -0.454 e. The predicted molar refractivity (Wildman–Crippen MR) is 118 cm³/mol. The highest BCUT2D eigenvalue weighted by Gasteiger charge is 2.32. The van der Waals surface area contributed by atoms with Gasteiger partial charge in [0.1, 0.15) is 0 Å². The molecule has 5 rings (SSSR count). The molecule has 162 valence electrons. The third-order valence-corrected chi connectivity index (χ3v) is 7.07. The van der Waals surface area contributed by atoms with Crippen molar-refractivity contribution in [3.05, 3.63) is 46.0 Å². The maximum atomic E-state index is 12.7. The van der Waals surface area contributed by atoms with Crippen LogP contribution in [0.3, 0.4) is 0 Å². The number of aromatic nitrogens is 1. The number of thiazole rings is 1. The van der Waals surface area contributed by atoms with Gasteiger partial charge >= 0.3 is 0 Å². The molecule has 1 atom stereocenters. The van der Waals surface area contributed by atoms with Crippen LogP contribution in [-0.2, 0) is 11.2 Å². The van der Waals surface area contributed by atoms with Gasteiger partial charge in [-0.2, -0.15) is 0 Å². The number of aryl methyl sites for hydroxylation is 1. The van der Waals surface area contributed by atoms with Crippen molar-refractivity contribution in [3.8, 4) is 11.5 Å². The van der Waals surface area contributed by atoms with Crippen LogP contribution in [-0.4, -0.2) is 30.1 Å². The lowest BCUT2D eigenvalue weighted by molar-refractivity contribution is -0.122. The zero-order valence-electron chi connectivity index (χ0n) is 17.2. The van der Waals surface area contributed by atoms with Gasteiger partial charge in [-0.1, -0.05) is 11.6 Å². The van der Waals surface area contributed by atoms with Gasteiger partial charge in [0.25, 0.3) is 5.91 Å². The van der Waals surface area contributed by atoms with E-state index in [9.17, 15) is 9.59 Å². The van der Waals surface area contributed by atoms with Crippen LogP contribution in [0.4, 0.5) is 5.13 Å². The Balaban J connectivity index is 1.19. The first kappa shape index (κ1) is 20.1. The van der Waals surface area contributed by atoms with Crippen LogP contribution in [0.1, 0.15) is 65.4 Å². The number of benzene rings is 1. The number of hydrogen-bond acceptors (Lipinski definition) is 6. The molecule has 8 heteroatoms. The third-order valence-electron chi connectivity index (χ3n) is 6.02. The molecule has 2 aromatic rings. The Morgan fingerprint density at radius 3 is 2.94 bits per heavy atom. The van der Waals surface area contributed by atoms with Crippen molar-refractivity contribution in [2.24, 2.45) is 0 Å². The Labute approximate surface area is 184 Å². The molecule has 2 N–H and O–H groups in total. The Kier molecular flexibility index (Phi) is 5.63. The fourth-order valence-electron chi connectivity index (χ4n) is 4.34. The number of nitrogens with zero attached hydrogens (tertiary/aromatic N) is 1. The van der Waals surface area contributed by atoms with E-state index in [1.54, 1.807) is 18.2 Å². The normalized spacial score (nSPS) is 19.0. The lowest BCUT2D eigenvalue weighted by Crippen LogP contribution is -2.29. The van der Waals surface area contributed by atoms with Gasteiger partial charge in [0.15, 0.2) is 16.6 Å². The molecule has 0 bridgehead atoms. The molecule has 1 aromatic heterocycles. The Morgan fingerprint density at radius 2 is 2.06 bits per heavy atom. The molecule has 0 spiro atoms. The monoisotopic (exact) mass is 439 g/mol. The molecule has 0 saturated heterocycles. The molecule has 0 saturated carbocycles. The predicted octanol–water partition coefficient (Wildman–Crippen LogP) is 4.16. The van der Waals surface area contributed by atoms with Crippen LogP contribution in [0, 0.1) is 0 Å². The zero-order chi connectivity index (χ0) is 21.2. The second kappa shape index (κ2) is 8.70. The molecule has 2 heterocycles. The van der Waals surface area contributed by atoms with Gasteiger partial charge in [-0.15, -0.1) is 11.3 Å². The van der Waals surface area contributed by atoms with Crippen molar-refractivity contribution in [1.29, 1.82) is 0 Å². The van der Waals surface area contributed by atoms with Crippen molar-refractivity contribution < 1.29 is 19.1 Å². The van der Waals surface area contributed by atoms with Gasteiger partial charge in [0.2, 0.25) is 12.7 Å². The van der Waals surface area contributed by atoms with Gasteiger partial charge in [-0.25, -0.2) is 4.98 Å². The Bertz CT molecular complexity index is 1050.